The smallest absolute Gasteiger partial charge is 0.170 e. The highest BCUT2D eigenvalue weighted by Crippen LogP contribution is 2.31. The molecule has 3 aromatic rings. The molecule has 1 aliphatic rings. The number of hydrogen-bond donors (Lipinski definition) is 2. The number of anilines is 2. The maximum atomic E-state index is 14.3. The third kappa shape index (κ3) is 4.31. The molecule has 6 heteroatoms. The monoisotopic (exact) mass is 412 g/mol. The summed E-state index contributed by atoms with van der Waals surface area (Å²) in [7, 11) is 1.58. The van der Waals surface area contributed by atoms with Gasteiger partial charge in [-0.2, -0.15) is 0 Å². The van der Waals surface area contributed by atoms with Crippen LogP contribution in [0.25, 0.3) is 0 Å². The zero-order valence-electron chi connectivity index (χ0n) is 17.3. The Bertz CT molecular complexity index is 1180. The van der Waals surface area contributed by atoms with Crippen molar-refractivity contribution in [3.63, 3.8) is 0 Å². The number of halogens is 1. The maximum absolute atomic E-state index is 14.3. The number of pyridine rings is 1. The highest BCUT2D eigenvalue weighted by atomic mass is 19.1. The lowest BCUT2D eigenvalue weighted by atomic mass is 9.91. The van der Waals surface area contributed by atoms with E-state index in [1.54, 1.807) is 37.6 Å². The molecule has 0 spiro atoms. The van der Waals surface area contributed by atoms with Crippen LogP contribution < -0.4 is 10.1 Å². The zero-order valence-corrected chi connectivity index (χ0v) is 17.3. The van der Waals surface area contributed by atoms with Gasteiger partial charge in [0.1, 0.15) is 11.6 Å². The van der Waals surface area contributed by atoms with E-state index in [1.165, 1.54) is 6.07 Å². The van der Waals surface area contributed by atoms with E-state index in [1.807, 2.05) is 25.1 Å². The van der Waals surface area contributed by atoms with Gasteiger partial charge in [0.05, 0.1) is 36.1 Å². The summed E-state index contributed by atoms with van der Waals surface area (Å²) in [5.74, 6) is 0.840. The lowest BCUT2D eigenvalue weighted by Crippen LogP contribution is -2.22. The molecule has 154 valence electrons. The third-order valence-electron chi connectivity index (χ3n) is 4.92. The van der Waals surface area contributed by atoms with E-state index >= 15 is 0 Å². The first-order valence-electron chi connectivity index (χ1n) is 9.95. The van der Waals surface area contributed by atoms with Crippen LogP contribution >= 0.6 is 0 Å². The molecule has 0 radical (unpaired) electrons. The molecule has 0 aliphatic carbocycles. The second-order valence-corrected chi connectivity index (χ2v) is 7.02. The van der Waals surface area contributed by atoms with Crippen molar-refractivity contribution in [2.75, 3.05) is 12.4 Å². The first kappa shape index (κ1) is 20.3. The number of allylic oxidation sites excluding steroid dienone is 2. The highest BCUT2D eigenvalue weighted by molar-refractivity contribution is 6.53. The van der Waals surface area contributed by atoms with Crippen LogP contribution in [0.4, 0.5) is 21.6 Å². The van der Waals surface area contributed by atoms with Crippen molar-refractivity contribution in [3.8, 4) is 5.75 Å². The van der Waals surface area contributed by atoms with E-state index in [2.05, 4.69) is 27.4 Å². The number of ether oxygens (including phenoxy) is 1. The average molecular weight is 412 g/mol. The van der Waals surface area contributed by atoms with E-state index in [0.29, 0.717) is 29.4 Å². The summed E-state index contributed by atoms with van der Waals surface area (Å²) in [4.78, 5) is 9.11. The van der Waals surface area contributed by atoms with Gasteiger partial charge in [-0.3, -0.25) is 5.41 Å². The summed E-state index contributed by atoms with van der Waals surface area (Å²) in [5, 5.41) is 11.8. The van der Waals surface area contributed by atoms with Crippen molar-refractivity contribution < 1.29 is 9.13 Å². The van der Waals surface area contributed by atoms with Crippen molar-refractivity contribution in [1.82, 2.24) is 4.98 Å². The van der Waals surface area contributed by atoms with Gasteiger partial charge in [0.15, 0.2) is 5.75 Å². The van der Waals surface area contributed by atoms with Crippen LogP contribution in [0, 0.1) is 23.4 Å². The fourth-order valence-corrected chi connectivity index (χ4v) is 3.41. The Morgan fingerprint density at radius 1 is 1.26 bits per heavy atom. The van der Waals surface area contributed by atoms with Gasteiger partial charge in [-0.05, 0) is 60.0 Å². The molecule has 1 aromatic heterocycles. The molecule has 2 N–H and O–H groups in total. The molecule has 0 unspecified atom stereocenters. The van der Waals surface area contributed by atoms with Gasteiger partial charge in [0.25, 0.3) is 0 Å². The van der Waals surface area contributed by atoms with Crippen molar-refractivity contribution >= 4 is 28.6 Å². The second kappa shape index (κ2) is 8.80. The molecule has 0 bridgehead atoms. The molecule has 0 atom stereocenters. The van der Waals surface area contributed by atoms with Crippen molar-refractivity contribution in [2.45, 2.75) is 19.8 Å². The van der Waals surface area contributed by atoms with E-state index in [-0.39, 0.29) is 11.3 Å². The van der Waals surface area contributed by atoms with Crippen LogP contribution in [0.15, 0.2) is 65.3 Å². The Hall–Kier alpha value is -3.98. The first-order chi connectivity index (χ1) is 15.1. The molecule has 4 rings (SSSR count). The van der Waals surface area contributed by atoms with E-state index in [4.69, 9.17) is 10.1 Å². The topological polar surface area (TPSA) is 70.4 Å². The Morgan fingerprint density at radius 3 is 2.81 bits per heavy atom. The van der Waals surface area contributed by atoms with Crippen LogP contribution in [0.1, 0.15) is 24.5 Å². The maximum Gasteiger partial charge on any atom is 0.170 e. The van der Waals surface area contributed by atoms with Crippen LogP contribution in [0.2, 0.25) is 0 Å². The largest absolute Gasteiger partial charge is 0.489 e. The molecule has 2 aromatic carbocycles. The fourth-order valence-electron chi connectivity index (χ4n) is 3.41. The minimum absolute atomic E-state index is 0.0778. The molecular formula is C25H21FN4O. The summed E-state index contributed by atoms with van der Waals surface area (Å²) in [5.41, 5.74) is 4.10. The van der Waals surface area contributed by atoms with Gasteiger partial charge in [-0.15, -0.1) is 0 Å². The summed E-state index contributed by atoms with van der Waals surface area (Å²) < 4.78 is 19.4. The summed E-state index contributed by atoms with van der Waals surface area (Å²) in [6.45, 7) is 2.03. The zero-order chi connectivity index (χ0) is 21.8. The number of benzene rings is 1. The molecule has 0 fully saturated rings. The lowest BCUT2D eigenvalue weighted by molar-refractivity contribution is 0.415. The molecule has 5 nitrogen and oxygen atoms in total. The average Bonchev–Trinajstić information content (AvgIpc) is 2.79. The first-order valence-corrected chi connectivity index (χ1v) is 9.95. The molecule has 0 saturated carbocycles. The van der Waals surface area contributed by atoms with Crippen LogP contribution in [-0.4, -0.2) is 23.5 Å². The molecular weight excluding hydrogens is 391 g/mol. The van der Waals surface area contributed by atoms with Crippen molar-refractivity contribution in [3.05, 3.63) is 89.4 Å². The number of nitrogens with one attached hydrogen (secondary N) is 2. The van der Waals surface area contributed by atoms with E-state index in [0.717, 1.165) is 23.2 Å². The summed E-state index contributed by atoms with van der Waals surface area (Å²) >= 11 is 0. The van der Waals surface area contributed by atoms with Crippen LogP contribution in [0.3, 0.4) is 0 Å². The van der Waals surface area contributed by atoms with Gasteiger partial charge in [0, 0.05) is 12.0 Å². The minimum atomic E-state index is -0.429. The number of nitrogens with zero attached hydrogens (tertiary/aromatic N) is 2. The molecule has 31 heavy (non-hydrogen) atoms. The van der Waals surface area contributed by atoms with Crippen LogP contribution in [-0.2, 0) is 6.42 Å². The lowest BCUT2D eigenvalue weighted by Gasteiger charge is -2.20. The van der Waals surface area contributed by atoms with Gasteiger partial charge >= 0.3 is 0 Å². The number of methoxy groups -OCH3 is 1. The Morgan fingerprint density at radius 2 is 2.10 bits per heavy atom. The number of hydrogen-bond acceptors (Lipinski definition) is 5. The SMILES string of the molecule is CC/C=C1/Cc2cc(Nc3c#cc(OC)cc3)ncc2N=C1C(=N)c1ccccc1F. The third-order valence-corrected chi connectivity index (χ3v) is 4.92. The summed E-state index contributed by atoms with van der Waals surface area (Å²) in [6, 6.07) is 17.8. The van der Waals surface area contributed by atoms with Crippen LogP contribution in [0.5, 0.6) is 5.75 Å². The Kier molecular flexibility index (Phi) is 5.76. The predicted molar refractivity (Wildman–Crippen MR) is 121 cm³/mol. The standard InChI is InChI=1S/C25H21FN4O/c1-3-6-16-13-17-14-23(29-18-9-11-19(31-2)12-10-18)28-15-22(17)30-25(16)24(27)20-7-4-5-8-21(20)26/h4-9,11,14-15,27H,3,13H2,1-2H3,(H,28,29)/b16-6-,27-24?. The summed E-state index contributed by atoms with van der Waals surface area (Å²) in [6.07, 6.45) is 5.09. The van der Waals surface area contributed by atoms with Gasteiger partial charge < -0.3 is 10.1 Å². The van der Waals surface area contributed by atoms with Gasteiger partial charge in [0.2, 0.25) is 0 Å². The molecule has 0 amide bonds. The minimum Gasteiger partial charge on any atom is -0.489 e. The van der Waals surface area contributed by atoms with Gasteiger partial charge in [-0.1, -0.05) is 25.1 Å². The number of aromatic nitrogens is 1. The number of rotatable bonds is 6. The predicted octanol–water partition coefficient (Wildman–Crippen LogP) is 5.61. The second-order valence-electron chi connectivity index (χ2n) is 7.02. The highest BCUT2D eigenvalue weighted by Gasteiger charge is 2.23. The van der Waals surface area contributed by atoms with Crippen molar-refractivity contribution in [2.24, 2.45) is 4.99 Å². The van der Waals surface area contributed by atoms with Crippen molar-refractivity contribution in [1.29, 1.82) is 5.41 Å². The molecule has 0 saturated heterocycles. The molecule has 2 heterocycles. The quantitative estimate of drug-likeness (QED) is 0.517. The van der Waals surface area contributed by atoms with E-state index in [9.17, 15) is 4.39 Å². The van der Waals surface area contributed by atoms with E-state index < -0.39 is 5.82 Å². The number of aliphatic imine (C=N–C) groups is 1. The van der Waals surface area contributed by atoms with Gasteiger partial charge in [-0.25, -0.2) is 14.4 Å². The molecule has 1 aliphatic heterocycles. The normalized spacial score (nSPS) is 13.8. The number of fused-ring (bicyclic) bond motifs is 1. The fraction of sp³-hybridized carbons (Fsp3) is 0.160. The Balaban J connectivity index is 1.66. The Labute approximate surface area is 180 Å².